The molecule has 3 aromatic rings. The first-order valence-corrected chi connectivity index (χ1v) is 14.8. The fourth-order valence-corrected chi connectivity index (χ4v) is 6.06. The van der Waals surface area contributed by atoms with E-state index in [9.17, 15) is 9.59 Å². The van der Waals surface area contributed by atoms with Gasteiger partial charge in [0, 0.05) is 50.2 Å². The maximum atomic E-state index is 14.0. The Labute approximate surface area is 251 Å². The summed E-state index contributed by atoms with van der Waals surface area (Å²) in [6.45, 7) is 3.68. The minimum Gasteiger partial charge on any atom is -0.492 e. The van der Waals surface area contributed by atoms with Crippen molar-refractivity contribution in [1.29, 1.82) is 0 Å². The highest BCUT2D eigenvalue weighted by Crippen LogP contribution is 2.34. The van der Waals surface area contributed by atoms with Crippen LogP contribution >= 0.6 is 23.2 Å². The van der Waals surface area contributed by atoms with E-state index in [2.05, 4.69) is 29.6 Å². The quantitative estimate of drug-likeness (QED) is 0.310. The predicted octanol–water partition coefficient (Wildman–Crippen LogP) is 6.01. The lowest BCUT2D eigenvalue weighted by molar-refractivity contribution is -0.132. The topological polar surface area (TPSA) is 61.9 Å². The van der Waals surface area contributed by atoms with E-state index in [-0.39, 0.29) is 23.9 Å². The number of halogens is 2. The summed E-state index contributed by atoms with van der Waals surface area (Å²) >= 11 is 12.6. The van der Waals surface area contributed by atoms with Crippen LogP contribution in [0.2, 0.25) is 10.0 Å². The molecule has 0 saturated carbocycles. The smallest absolute Gasteiger partial charge is 0.251 e. The molecule has 5 rings (SSSR count). The standard InChI is InChI=1S/C33H35Cl2N3O3/c1-22(39)38-20-26-18-27(24-15-13-23(14-16-24)8-7-17-41-31-12-6-5-11-29(31)35)32(30(21-38)36-26)33(40)37(2)19-25-9-3-4-10-28(25)34/h3-6,9-16,26,30,36H,7-8,17-21H2,1-2H3/t26-,30-/m1/s1. The minimum absolute atomic E-state index is 0.0315. The Bertz CT molecular complexity index is 1440. The fourth-order valence-electron chi connectivity index (χ4n) is 5.68. The van der Waals surface area contributed by atoms with E-state index in [0.717, 1.165) is 35.1 Å². The van der Waals surface area contributed by atoms with Crippen molar-refractivity contribution in [2.45, 2.75) is 44.8 Å². The second-order valence-corrected chi connectivity index (χ2v) is 11.6. The zero-order valence-corrected chi connectivity index (χ0v) is 24.9. The first kappa shape index (κ1) is 29.2. The van der Waals surface area contributed by atoms with Crippen LogP contribution in [0.15, 0.2) is 78.4 Å². The number of amides is 2. The van der Waals surface area contributed by atoms with Crippen LogP contribution in [0.1, 0.15) is 36.5 Å². The molecule has 6 nitrogen and oxygen atoms in total. The maximum Gasteiger partial charge on any atom is 0.251 e. The number of ether oxygens (including phenoxy) is 1. The number of piperazine rings is 1. The third-order valence-corrected chi connectivity index (χ3v) is 8.48. The molecule has 214 valence electrons. The van der Waals surface area contributed by atoms with Crippen molar-refractivity contribution in [3.63, 3.8) is 0 Å². The summed E-state index contributed by atoms with van der Waals surface area (Å²) in [6, 6.07) is 23.4. The molecule has 2 amide bonds. The van der Waals surface area contributed by atoms with Gasteiger partial charge in [-0.3, -0.25) is 9.59 Å². The van der Waals surface area contributed by atoms with Crippen LogP contribution in [-0.2, 0) is 22.6 Å². The van der Waals surface area contributed by atoms with Crippen LogP contribution in [0.3, 0.4) is 0 Å². The average molecular weight is 593 g/mol. The largest absolute Gasteiger partial charge is 0.492 e. The number of nitrogens with zero attached hydrogens (tertiary/aromatic N) is 2. The van der Waals surface area contributed by atoms with E-state index in [1.165, 1.54) is 5.56 Å². The van der Waals surface area contributed by atoms with Gasteiger partial charge in [0.1, 0.15) is 5.75 Å². The Morgan fingerprint density at radius 1 is 0.976 bits per heavy atom. The summed E-state index contributed by atoms with van der Waals surface area (Å²) in [4.78, 5) is 29.9. The first-order valence-electron chi connectivity index (χ1n) is 14.0. The van der Waals surface area contributed by atoms with E-state index >= 15 is 0 Å². The van der Waals surface area contributed by atoms with E-state index < -0.39 is 0 Å². The van der Waals surface area contributed by atoms with Crippen LogP contribution in [0, 0.1) is 0 Å². The highest BCUT2D eigenvalue weighted by Gasteiger charge is 2.39. The number of carbonyl (C=O) groups is 2. The Balaban J connectivity index is 1.34. The molecule has 0 aliphatic carbocycles. The summed E-state index contributed by atoms with van der Waals surface area (Å²) in [5.41, 5.74) is 4.92. The predicted molar refractivity (Wildman–Crippen MR) is 164 cm³/mol. The van der Waals surface area contributed by atoms with E-state index in [4.69, 9.17) is 27.9 Å². The molecule has 0 aromatic heterocycles. The lowest BCUT2D eigenvalue weighted by Crippen LogP contribution is -2.61. The van der Waals surface area contributed by atoms with Gasteiger partial charge in [-0.25, -0.2) is 0 Å². The van der Waals surface area contributed by atoms with Crippen LogP contribution in [0.25, 0.3) is 5.57 Å². The number of nitrogens with one attached hydrogen (secondary N) is 1. The molecule has 2 bridgehead atoms. The molecule has 8 heteroatoms. The number of likely N-dealkylation sites (N-methyl/N-ethyl adjacent to an activating group) is 1. The van der Waals surface area contributed by atoms with Gasteiger partial charge in [0.2, 0.25) is 5.91 Å². The molecule has 0 unspecified atom stereocenters. The maximum absolute atomic E-state index is 14.0. The molecule has 2 heterocycles. The highest BCUT2D eigenvalue weighted by molar-refractivity contribution is 6.32. The third-order valence-electron chi connectivity index (χ3n) is 7.80. The van der Waals surface area contributed by atoms with Crippen molar-refractivity contribution in [2.24, 2.45) is 0 Å². The summed E-state index contributed by atoms with van der Waals surface area (Å²) in [5, 5.41) is 4.87. The number of carbonyl (C=O) groups excluding carboxylic acids is 2. The van der Waals surface area contributed by atoms with Gasteiger partial charge in [0.25, 0.3) is 5.91 Å². The Morgan fingerprint density at radius 3 is 2.39 bits per heavy atom. The Kier molecular flexibility index (Phi) is 9.33. The van der Waals surface area contributed by atoms with Crippen molar-refractivity contribution in [2.75, 3.05) is 26.7 Å². The zero-order valence-electron chi connectivity index (χ0n) is 23.4. The summed E-state index contributed by atoms with van der Waals surface area (Å²) in [5.74, 6) is 0.680. The fraction of sp³-hybridized carbons (Fsp3) is 0.333. The third kappa shape index (κ3) is 6.95. The Hall–Kier alpha value is -3.32. The molecule has 2 aliphatic rings. The second kappa shape index (κ2) is 13.1. The summed E-state index contributed by atoms with van der Waals surface area (Å²) < 4.78 is 5.83. The van der Waals surface area contributed by atoms with Crippen molar-refractivity contribution in [1.82, 2.24) is 15.1 Å². The van der Waals surface area contributed by atoms with Gasteiger partial charge in [0.15, 0.2) is 0 Å². The van der Waals surface area contributed by atoms with Crippen molar-refractivity contribution < 1.29 is 14.3 Å². The van der Waals surface area contributed by atoms with E-state index in [1.807, 2.05) is 60.5 Å². The number of rotatable bonds is 9. The molecule has 41 heavy (non-hydrogen) atoms. The van der Waals surface area contributed by atoms with Crippen LogP contribution in [0.5, 0.6) is 5.75 Å². The van der Waals surface area contributed by atoms with Gasteiger partial charge < -0.3 is 19.9 Å². The molecular weight excluding hydrogens is 557 g/mol. The number of hydrogen-bond donors (Lipinski definition) is 1. The van der Waals surface area contributed by atoms with E-state index in [0.29, 0.717) is 48.5 Å². The number of benzene rings is 3. The number of fused-ring (bicyclic) bond motifs is 2. The van der Waals surface area contributed by atoms with Gasteiger partial charge in [-0.05, 0) is 59.7 Å². The van der Waals surface area contributed by atoms with Gasteiger partial charge in [-0.15, -0.1) is 0 Å². The average Bonchev–Trinajstić information content (AvgIpc) is 2.97. The van der Waals surface area contributed by atoms with Crippen molar-refractivity contribution in [3.8, 4) is 5.75 Å². The van der Waals surface area contributed by atoms with Gasteiger partial charge in [0.05, 0.1) is 17.7 Å². The molecule has 3 aromatic carbocycles. The van der Waals surface area contributed by atoms with Gasteiger partial charge in [-0.2, -0.15) is 0 Å². The zero-order chi connectivity index (χ0) is 28.9. The molecule has 1 fully saturated rings. The minimum atomic E-state index is -0.232. The summed E-state index contributed by atoms with van der Waals surface area (Å²) in [6.07, 6.45) is 2.40. The lowest BCUT2D eigenvalue weighted by atomic mass is 9.82. The number of hydrogen-bond acceptors (Lipinski definition) is 4. The lowest BCUT2D eigenvalue weighted by Gasteiger charge is -2.44. The van der Waals surface area contributed by atoms with Crippen LogP contribution in [0.4, 0.5) is 0 Å². The second-order valence-electron chi connectivity index (χ2n) is 10.8. The summed E-state index contributed by atoms with van der Waals surface area (Å²) in [7, 11) is 1.81. The molecule has 0 radical (unpaired) electrons. The number of para-hydroxylation sites is 1. The number of aryl methyl sites for hydroxylation is 1. The highest BCUT2D eigenvalue weighted by atomic mass is 35.5. The van der Waals surface area contributed by atoms with Crippen molar-refractivity contribution >= 4 is 40.6 Å². The molecule has 2 aliphatic heterocycles. The van der Waals surface area contributed by atoms with Crippen LogP contribution < -0.4 is 10.1 Å². The molecule has 0 spiro atoms. The molecule has 1 N–H and O–H groups in total. The van der Waals surface area contributed by atoms with Gasteiger partial charge >= 0.3 is 0 Å². The molecule has 2 atom stereocenters. The molecular formula is C33H35Cl2N3O3. The SMILES string of the molecule is CC(=O)N1C[C@H]2CC(c3ccc(CCCOc4ccccc4Cl)cc3)=C(C(=O)N(C)Cc3ccccc3Cl)[C@@H](C1)N2. The van der Waals surface area contributed by atoms with E-state index in [1.54, 1.807) is 11.8 Å². The normalized spacial score (nSPS) is 18.3. The monoisotopic (exact) mass is 591 g/mol. The Morgan fingerprint density at radius 2 is 1.68 bits per heavy atom. The first-order chi connectivity index (χ1) is 19.8. The van der Waals surface area contributed by atoms with Gasteiger partial charge in [-0.1, -0.05) is 77.8 Å². The van der Waals surface area contributed by atoms with Crippen LogP contribution in [-0.4, -0.2) is 60.4 Å². The molecule has 1 saturated heterocycles. The van der Waals surface area contributed by atoms with Crippen molar-refractivity contribution in [3.05, 3.63) is 105 Å².